The Morgan fingerprint density at radius 3 is 2.39 bits per heavy atom. The molecule has 3 aromatic rings. The molecule has 1 aromatic heterocycles. The number of aromatic nitrogens is 1. The third-order valence-corrected chi connectivity index (χ3v) is 6.40. The number of hydrogen-bond acceptors (Lipinski definition) is 4. The molecule has 5 rings (SSSR count). The third-order valence-electron chi connectivity index (χ3n) is 6.40. The van der Waals surface area contributed by atoms with E-state index in [1.165, 1.54) is 6.07 Å². The summed E-state index contributed by atoms with van der Waals surface area (Å²) in [5.41, 5.74) is 4.01. The van der Waals surface area contributed by atoms with Crippen molar-refractivity contribution < 1.29 is 9.72 Å². The van der Waals surface area contributed by atoms with Crippen LogP contribution in [-0.4, -0.2) is 28.5 Å². The Labute approximate surface area is 180 Å². The van der Waals surface area contributed by atoms with Gasteiger partial charge in [0.25, 0.3) is 5.69 Å². The van der Waals surface area contributed by atoms with Gasteiger partial charge in [0.15, 0.2) is 0 Å². The molecule has 31 heavy (non-hydrogen) atoms. The predicted octanol–water partition coefficient (Wildman–Crippen LogP) is 4.21. The van der Waals surface area contributed by atoms with Crippen LogP contribution in [0.5, 0.6) is 0 Å². The van der Waals surface area contributed by atoms with Crippen LogP contribution in [0, 0.1) is 16.0 Å². The van der Waals surface area contributed by atoms with Crippen molar-refractivity contribution in [2.75, 3.05) is 22.9 Å². The van der Waals surface area contributed by atoms with Gasteiger partial charge >= 0.3 is 0 Å². The van der Waals surface area contributed by atoms with Gasteiger partial charge in [-0.15, -0.1) is 0 Å². The summed E-state index contributed by atoms with van der Waals surface area (Å²) >= 11 is 0. The van der Waals surface area contributed by atoms with Crippen LogP contribution in [-0.2, 0) is 17.9 Å². The van der Waals surface area contributed by atoms with E-state index in [2.05, 4.69) is 22.9 Å². The van der Waals surface area contributed by atoms with Crippen molar-refractivity contribution in [1.82, 2.24) is 4.57 Å². The number of para-hydroxylation sites is 3. The van der Waals surface area contributed by atoms with E-state index in [-0.39, 0.29) is 22.4 Å². The number of nitro groups is 1. The molecular formula is C24H24N4O3. The Morgan fingerprint density at radius 1 is 0.903 bits per heavy atom. The standard InChI is InChI=1S/C24H24N4O3/c29-24(18-11-14-25(15-12-18)22-9-3-4-10-23(22)28(30)31)27-17-20-7-5-13-26(20)16-19-6-1-2-8-21(19)27/h1-10,13,18H,11-12,14-17H2. The molecule has 0 aliphatic carbocycles. The van der Waals surface area contributed by atoms with E-state index in [0.29, 0.717) is 38.2 Å². The Hall–Kier alpha value is -3.61. The van der Waals surface area contributed by atoms with Crippen molar-refractivity contribution in [2.24, 2.45) is 5.92 Å². The van der Waals surface area contributed by atoms with Crippen molar-refractivity contribution in [1.29, 1.82) is 0 Å². The first-order valence-corrected chi connectivity index (χ1v) is 10.6. The first-order valence-electron chi connectivity index (χ1n) is 10.6. The average Bonchev–Trinajstić information content (AvgIpc) is 3.17. The van der Waals surface area contributed by atoms with Crippen LogP contribution in [0.25, 0.3) is 0 Å². The molecule has 7 heteroatoms. The number of amides is 1. The lowest BCUT2D eigenvalue weighted by Crippen LogP contribution is -2.42. The molecule has 2 aromatic carbocycles. The van der Waals surface area contributed by atoms with Gasteiger partial charge in [0.1, 0.15) is 5.69 Å². The molecule has 7 nitrogen and oxygen atoms in total. The number of nitro benzene ring substituents is 1. The Balaban J connectivity index is 1.36. The number of anilines is 2. The number of fused-ring (bicyclic) bond motifs is 2. The zero-order valence-corrected chi connectivity index (χ0v) is 17.2. The van der Waals surface area contributed by atoms with Crippen LogP contribution in [0.4, 0.5) is 17.1 Å². The zero-order chi connectivity index (χ0) is 21.4. The quantitative estimate of drug-likeness (QED) is 0.474. The molecule has 2 aliphatic heterocycles. The normalized spacial score (nSPS) is 16.4. The summed E-state index contributed by atoms with van der Waals surface area (Å²) in [5.74, 6) is 0.0536. The third kappa shape index (κ3) is 3.56. The summed E-state index contributed by atoms with van der Waals surface area (Å²) in [6, 6.07) is 19.0. The monoisotopic (exact) mass is 416 g/mol. The molecule has 158 valence electrons. The SMILES string of the molecule is O=C(C1CCN(c2ccccc2[N+](=O)[O-])CC1)N1Cc2cccn2Cc2ccccc21. The molecule has 0 saturated carbocycles. The highest BCUT2D eigenvalue weighted by Crippen LogP contribution is 2.34. The van der Waals surface area contributed by atoms with Crippen LogP contribution >= 0.6 is 0 Å². The molecule has 1 saturated heterocycles. The van der Waals surface area contributed by atoms with Gasteiger partial charge < -0.3 is 14.4 Å². The van der Waals surface area contributed by atoms with Crippen LogP contribution in [0.3, 0.4) is 0 Å². The van der Waals surface area contributed by atoms with Crippen molar-refractivity contribution >= 4 is 23.0 Å². The molecule has 0 unspecified atom stereocenters. The number of nitrogens with zero attached hydrogens (tertiary/aromatic N) is 4. The number of carbonyl (C=O) groups is 1. The Morgan fingerprint density at radius 2 is 1.61 bits per heavy atom. The second-order valence-electron chi connectivity index (χ2n) is 8.19. The molecule has 1 fully saturated rings. The van der Waals surface area contributed by atoms with Crippen molar-refractivity contribution in [3.8, 4) is 0 Å². The number of carbonyl (C=O) groups excluding carboxylic acids is 1. The first-order chi connectivity index (χ1) is 15.1. The topological polar surface area (TPSA) is 71.6 Å². The minimum atomic E-state index is -0.337. The summed E-state index contributed by atoms with van der Waals surface area (Å²) in [4.78, 5) is 28.6. The second-order valence-corrected chi connectivity index (χ2v) is 8.19. The maximum atomic E-state index is 13.6. The Bertz CT molecular complexity index is 1130. The fourth-order valence-corrected chi connectivity index (χ4v) is 4.76. The molecule has 2 aliphatic rings. The minimum absolute atomic E-state index is 0.0893. The summed E-state index contributed by atoms with van der Waals surface area (Å²) < 4.78 is 2.20. The largest absolute Gasteiger partial charge is 0.366 e. The van der Waals surface area contributed by atoms with Crippen LogP contribution in [0.2, 0.25) is 0 Å². The van der Waals surface area contributed by atoms with Gasteiger partial charge in [-0.3, -0.25) is 14.9 Å². The van der Waals surface area contributed by atoms with Gasteiger partial charge in [0.2, 0.25) is 5.91 Å². The van der Waals surface area contributed by atoms with Crippen molar-refractivity contribution in [2.45, 2.75) is 25.9 Å². The lowest BCUT2D eigenvalue weighted by Gasteiger charge is -2.35. The molecule has 0 N–H and O–H groups in total. The fourth-order valence-electron chi connectivity index (χ4n) is 4.76. The number of benzene rings is 2. The molecule has 0 atom stereocenters. The predicted molar refractivity (Wildman–Crippen MR) is 119 cm³/mol. The molecular weight excluding hydrogens is 392 g/mol. The first kappa shape index (κ1) is 19.4. The highest BCUT2D eigenvalue weighted by atomic mass is 16.6. The molecule has 3 heterocycles. The molecule has 0 bridgehead atoms. The van der Waals surface area contributed by atoms with E-state index in [9.17, 15) is 14.9 Å². The second kappa shape index (κ2) is 7.91. The fraction of sp³-hybridized carbons (Fsp3) is 0.292. The minimum Gasteiger partial charge on any atom is -0.366 e. The summed E-state index contributed by atoms with van der Waals surface area (Å²) in [7, 11) is 0. The van der Waals surface area contributed by atoms with Gasteiger partial charge in [-0.2, -0.15) is 0 Å². The molecule has 0 radical (unpaired) electrons. The maximum Gasteiger partial charge on any atom is 0.292 e. The smallest absolute Gasteiger partial charge is 0.292 e. The van der Waals surface area contributed by atoms with E-state index >= 15 is 0 Å². The van der Waals surface area contributed by atoms with Gasteiger partial charge in [-0.05, 0) is 42.7 Å². The van der Waals surface area contributed by atoms with E-state index in [1.54, 1.807) is 12.1 Å². The summed E-state index contributed by atoms with van der Waals surface area (Å²) in [6.07, 6.45) is 3.43. The van der Waals surface area contributed by atoms with Gasteiger partial charge in [0.05, 0.1) is 11.5 Å². The van der Waals surface area contributed by atoms with Crippen LogP contribution in [0.15, 0.2) is 66.9 Å². The van der Waals surface area contributed by atoms with Crippen molar-refractivity contribution in [3.63, 3.8) is 0 Å². The molecule has 1 amide bonds. The van der Waals surface area contributed by atoms with Crippen molar-refractivity contribution in [3.05, 3.63) is 88.2 Å². The highest BCUT2D eigenvalue weighted by molar-refractivity contribution is 5.96. The lowest BCUT2D eigenvalue weighted by atomic mass is 9.94. The van der Waals surface area contributed by atoms with Gasteiger partial charge in [0, 0.05) is 49.2 Å². The molecule has 0 spiro atoms. The van der Waals surface area contributed by atoms with Gasteiger partial charge in [-0.1, -0.05) is 30.3 Å². The summed E-state index contributed by atoms with van der Waals surface area (Å²) in [6.45, 7) is 2.59. The maximum absolute atomic E-state index is 13.6. The number of piperidine rings is 1. The summed E-state index contributed by atoms with van der Waals surface area (Å²) in [5, 5.41) is 11.4. The highest BCUT2D eigenvalue weighted by Gasteiger charge is 2.33. The Kier molecular flexibility index (Phi) is 4.94. The number of hydrogen-bond donors (Lipinski definition) is 0. The van der Waals surface area contributed by atoms with E-state index in [1.807, 2.05) is 40.1 Å². The van der Waals surface area contributed by atoms with E-state index in [4.69, 9.17) is 0 Å². The number of rotatable bonds is 3. The van der Waals surface area contributed by atoms with Crippen LogP contribution in [0.1, 0.15) is 24.1 Å². The van der Waals surface area contributed by atoms with E-state index in [0.717, 1.165) is 23.5 Å². The average molecular weight is 416 g/mol. The zero-order valence-electron chi connectivity index (χ0n) is 17.2. The lowest BCUT2D eigenvalue weighted by molar-refractivity contribution is -0.384. The van der Waals surface area contributed by atoms with E-state index < -0.39 is 0 Å². The van der Waals surface area contributed by atoms with Gasteiger partial charge in [-0.25, -0.2) is 0 Å². The van der Waals surface area contributed by atoms with Crippen LogP contribution < -0.4 is 9.80 Å².